The van der Waals surface area contributed by atoms with Gasteiger partial charge in [0.05, 0.1) is 12.3 Å². The highest BCUT2D eigenvalue weighted by atomic mass is 16.5. The van der Waals surface area contributed by atoms with Crippen molar-refractivity contribution in [2.75, 3.05) is 6.61 Å². The van der Waals surface area contributed by atoms with E-state index in [1.807, 2.05) is 37.3 Å². The van der Waals surface area contributed by atoms with Gasteiger partial charge in [-0.05, 0) is 39.0 Å². The van der Waals surface area contributed by atoms with Crippen LogP contribution < -0.4 is 4.74 Å². The molecule has 1 aliphatic rings. The predicted octanol–water partition coefficient (Wildman–Crippen LogP) is 4.29. The van der Waals surface area contributed by atoms with E-state index >= 15 is 0 Å². The molecule has 130 valence electrons. The third-order valence-corrected chi connectivity index (χ3v) is 4.80. The third kappa shape index (κ3) is 3.16. The Kier molecular flexibility index (Phi) is 4.62. The summed E-state index contributed by atoms with van der Waals surface area (Å²) in [6.07, 6.45) is 3.23. The van der Waals surface area contributed by atoms with E-state index in [2.05, 4.69) is 24.9 Å². The van der Waals surface area contributed by atoms with Crippen LogP contribution in [0.5, 0.6) is 5.75 Å². The summed E-state index contributed by atoms with van der Waals surface area (Å²) < 4.78 is 11.5. The largest absolute Gasteiger partial charge is 0.482 e. The van der Waals surface area contributed by atoms with Crippen LogP contribution >= 0.6 is 0 Å². The molecule has 2 unspecified atom stereocenters. The maximum absolute atomic E-state index is 12.2. The Morgan fingerprint density at radius 2 is 2.16 bits per heavy atom. The number of ether oxygens (including phenoxy) is 2. The lowest BCUT2D eigenvalue weighted by molar-refractivity contribution is -0.137. The van der Waals surface area contributed by atoms with Gasteiger partial charge in [0.2, 0.25) is 0 Å². The number of rotatable bonds is 4. The maximum Gasteiger partial charge on any atom is 0.331 e. The van der Waals surface area contributed by atoms with Gasteiger partial charge in [-0.25, -0.2) is 4.79 Å². The van der Waals surface area contributed by atoms with Crippen LogP contribution in [0.1, 0.15) is 43.5 Å². The lowest BCUT2D eigenvalue weighted by Gasteiger charge is -2.31. The minimum Gasteiger partial charge on any atom is -0.482 e. The number of aromatic nitrogens is 1. The molecule has 0 spiro atoms. The Hall–Kier alpha value is -2.62. The molecule has 2 atom stereocenters. The number of pyridine rings is 1. The quantitative estimate of drug-likeness (QED) is 0.617. The fourth-order valence-corrected chi connectivity index (χ4v) is 3.30. The molecule has 0 aliphatic carbocycles. The Labute approximate surface area is 148 Å². The van der Waals surface area contributed by atoms with E-state index in [4.69, 9.17) is 9.47 Å². The number of fused-ring (bicyclic) bond motifs is 1. The molecule has 0 amide bonds. The molecule has 3 rings (SSSR count). The van der Waals surface area contributed by atoms with Crippen molar-refractivity contribution in [1.82, 2.24) is 4.98 Å². The van der Waals surface area contributed by atoms with Crippen molar-refractivity contribution in [1.29, 1.82) is 0 Å². The lowest BCUT2D eigenvalue weighted by Crippen LogP contribution is -2.35. The summed E-state index contributed by atoms with van der Waals surface area (Å²) >= 11 is 0. The van der Waals surface area contributed by atoms with E-state index in [1.54, 1.807) is 13.1 Å². The van der Waals surface area contributed by atoms with Gasteiger partial charge in [-0.1, -0.05) is 30.7 Å². The molecule has 1 aromatic heterocycles. The number of aryl methyl sites for hydroxylation is 1. The van der Waals surface area contributed by atoms with Crippen LogP contribution in [0, 0.1) is 6.92 Å². The molecule has 2 heterocycles. The van der Waals surface area contributed by atoms with Gasteiger partial charge in [-0.2, -0.15) is 0 Å². The molecule has 0 fully saturated rings. The number of hydrogen-bond donors (Lipinski definition) is 0. The molecule has 4 nitrogen and oxygen atoms in total. The van der Waals surface area contributed by atoms with Gasteiger partial charge in [0.15, 0.2) is 0 Å². The van der Waals surface area contributed by atoms with Crippen molar-refractivity contribution in [2.45, 2.75) is 39.2 Å². The second kappa shape index (κ2) is 6.71. The summed E-state index contributed by atoms with van der Waals surface area (Å²) in [7, 11) is 0. The van der Waals surface area contributed by atoms with Crippen LogP contribution in [0.2, 0.25) is 0 Å². The fourth-order valence-electron chi connectivity index (χ4n) is 3.30. The monoisotopic (exact) mass is 337 g/mol. The number of carbonyl (C=O) groups is 1. The molecule has 0 saturated heterocycles. The smallest absolute Gasteiger partial charge is 0.331 e. The second-order valence-corrected chi connectivity index (χ2v) is 6.50. The number of esters is 1. The van der Waals surface area contributed by atoms with Gasteiger partial charge in [-0.3, -0.25) is 4.98 Å². The summed E-state index contributed by atoms with van der Waals surface area (Å²) in [6.45, 7) is 8.31. The second-order valence-electron chi connectivity index (χ2n) is 6.50. The van der Waals surface area contributed by atoms with Crippen LogP contribution in [-0.4, -0.2) is 23.2 Å². The molecule has 0 radical (unpaired) electrons. The third-order valence-electron chi connectivity index (χ3n) is 4.80. The van der Waals surface area contributed by atoms with Crippen LogP contribution in [0.4, 0.5) is 0 Å². The first-order valence-corrected chi connectivity index (χ1v) is 8.55. The number of benzene rings is 1. The SMILES string of the molecule is CCOC(=O)C=C(c1ccccn1)C1(C)Oc2ccc(C)cc2C1C. The molecule has 4 heteroatoms. The van der Waals surface area contributed by atoms with Crippen molar-refractivity contribution in [2.24, 2.45) is 0 Å². The van der Waals surface area contributed by atoms with Gasteiger partial charge in [0, 0.05) is 29.3 Å². The topological polar surface area (TPSA) is 48.4 Å². The van der Waals surface area contributed by atoms with Crippen molar-refractivity contribution in [3.05, 3.63) is 65.5 Å². The minimum absolute atomic E-state index is 0.0742. The Morgan fingerprint density at radius 1 is 1.36 bits per heavy atom. The summed E-state index contributed by atoms with van der Waals surface area (Å²) in [5, 5.41) is 0. The summed E-state index contributed by atoms with van der Waals surface area (Å²) in [4.78, 5) is 16.6. The Morgan fingerprint density at radius 3 is 2.84 bits per heavy atom. The van der Waals surface area contributed by atoms with Gasteiger partial charge < -0.3 is 9.47 Å². The molecule has 2 aromatic rings. The predicted molar refractivity (Wildman–Crippen MR) is 97.5 cm³/mol. The number of nitrogens with zero attached hydrogens (tertiary/aromatic N) is 1. The molecule has 0 bridgehead atoms. The lowest BCUT2D eigenvalue weighted by atomic mass is 9.79. The normalized spacial score (nSPS) is 22.2. The average Bonchev–Trinajstić information content (AvgIpc) is 2.86. The Bertz CT molecular complexity index is 813. The van der Waals surface area contributed by atoms with Crippen LogP contribution in [0.15, 0.2) is 48.7 Å². The molecule has 1 aliphatic heterocycles. The summed E-state index contributed by atoms with van der Waals surface area (Å²) in [6, 6.07) is 11.8. The Balaban J connectivity index is 2.09. The number of hydrogen-bond acceptors (Lipinski definition) is 4. The molecule has 0 saturated carbocycles. The van der Waals surface area contributed by atoms with Crippen molar-refractivity contribution in [3.8, 4) is 5.75 Å². The molecular formula is C21H23NO3. The van der Waals surface area contributed by atoms with Gasteiger partial charge in [0.25, 0.3) is 0 Å². The van der Waals surface area contributed by atoms with E-state index < -0.39 is 5.60 Å². The van der Waals surface area contributed by atoms with Crippen molar-refractivity contribution in [3.63, 3.8) is 0 Å². The average molecular weight is 337 g/mol. The summed E-state index contributed by atoms with van der Waals surface area (Å²) in [5.74, 6) is 0.545. The molecule has 25 heavy (non-hydrogen) atoms. The van der Waals surface area contributed by atoms with E-state index in [0.29, 0.717) is 6.61 Å². The highest BCUT2D eigenvalue weighted by Crippen LogP contribution is 2.50. The van der Waals surface area contributed by atoms with E-state index in [0.717, 1.165) is 22.6 Å². The zero-order chi connectivity index (χ0) is 18.0. The highest BCUT2D eigenvalue weighted by Gasteiger charge is 2.46. The van der Waals surface area contributed by atoms with Crippen LogP contribution in [0.25, 0.3) is 5.57 Å². The first-order valence-electron chi connectivity index (χ1n) is 8.55. The fraction of sp³-hybridized carbons (Fsp3) is 0.333. The highest BCUT2D eigenvalue weighted by molar-refractivity contribution is 5.93. The van der Waals surface area contributed by atoms with Crippen molar-refractivity contribution >= 4 is 11.5 Å². The van der Waals surface area contributed by atoms with E-state index in [1.165, 1.54) is 11.6 Å². The first-order chi connectivity index (χ1) is 12.0. The van der Waals surface area contributed by atoms with E-state index in [9.17, 15) is 4.79 Å². The maximum atomic E-state index is 12.2. The first kappa shape index (κ1) is 17.2. The molecular weight excluding hydrogens is 314 g/mol. The minimum atomic E-state index is -0.697. The van der Waals surface area contributed by atoms with Gasteiger partial charge in [0.1, 0.15) is 11.4 Å². The zero-order valence-corrected chi connectivity index (χ0v) is 15.1. The molecule has 1 aromatic carbocycles. The van der Waals surface area contributed by atoms with Crippen LogP contribution in [-0.2, 0) is 9.53 Å². The molecule has 0 N–H and O–H groups in total. The van der Waals surface area contributed by atoms with Gasteiger partial charge in [-0.15, -0.1) is 0 Å². The van der Waals surface area contributed by atoms with E-state index in [-0.39, 0.29) is 11.9 Å². The van der Waals surface area contributed by atoms with Crippen LogP contribution in [0.3, 0.4) is 0 Å². The summed E-state index contributed by atoms with van der Waals surface area (Å²) in [5.41, 5.74) is 3.08. The zero-order valence-electron chi connectivity index (χ0n) is 15.1. The van der Waals surface area contributed by atoms with Gasteiger partial charge >= 0.3 is 5.97 Å². The number of carbonyl (C=O) groups excluding carboxylic acids is 1. The van der Waals surface area contributed by atoms with Crippen molar-refractivity contribution < 1.29 is 14.3 Å². The standard InChI is InChI=1S/C21H23NO3/c1-5-24-20(23)13-17(18-8-6-7-11-22-18)21(4)15(3)16-12-14(2)9-10-19(16)25-21/h6-13,15H,5H2,1-4H3.